The van der Waals surface area contributed by atoms with Gasteiger partial charge in [0.15, 0.2) is 0 Å². The van der Waals surface area contributed by atoms with E-state index in [1.54, 1.807) is 18.5 Å². The second-order valence-corrected chi connectivity index (χ2v) is 3.67. The number of nitriles is 1. The molecule has 6 nitrogen and oxygen atoms in total. The SMILES string of the molecule is Cc1cc(C#N)nc(NC(C)c2ncc[nH]2)n1. The van der Waals surface area contributed by atoms with Gasteiger partial charge in [0.2, 0.25) is 5.95 Å². The van der Waals surface area contributed by atoms with Gasteiger partial charge in [-0.15, -0.1) is 0 Å². The van der Waals surface area contributed by atoms with Crippen molar-refractivity contribution in [3.63, 3.8) is 0 Å². The van der Waals surface area contributed by atoms with Gasteiger partial charge in [0.1, 0.15) is 17.6 Å². The Labute approximate surface area is 98.8 Å². The standard InChI is InChI=1S/C11H12N6/c1-7-5-9(6-12)17-11(15-7)16-8(2)10-13-3-4-14-10/h3-5,8H,1-2H3,(H,13,14)(H,15,16,17). The second kappa shape index (κ2) is 4.61. The maximum Gasteiger partial charge on any atom is 0.224 e. The first-order valence-corrected chi connectivity index (χ1v) is 5.20. The van der Waals surface area contributed by atoms with Crippen molar-refractivity contribution >= 4 is 5.95 Å². The third-order valence-electron chi connectivity index (χ3n) is 2.24. The van der Waals surface area contributed by atoms with E-state index in [0.29, 0.717) is 11.6 Å². The number of anilines is 1. The first-order chi connectivity index (χ1) is 8.19. The van der Waals surface area contributed by atoms with Crippen LogP contribution in [0, 0.1) is 18.3 Å². The van der Waals surface area contributed by atoms with Crippen molar-refractivity contribution in [2.45, 2.75) is 19.9 Å². The number of hydrogen-bond donors (Lipinski definition) is 2. The van der Waals surface area contributed by atoms with Crippen molar-refractivity contribution in [3.05, 3.63) is 35.7 Å². The van der Waals surface area contributed by atoms with Crippen molar-refractivity contribution in [2.75, 3.05) is 5.32 Å². The Morgan fingerprint density at radius 2 is 2.29 bits per heavy atom. The van der Waals surface area contributed by atoms with Crippen molar-refractivity contribution in [2.24, 2.45) is 0 Å². The van der Waals surface area contributed by atoms with Crippen LogP contribution in [0.15, 0.2) is 18.5 Å². The highest BCUT2D eigenvalue weighted by atomic mass is 15.1. The van der Waals surface area contributed by atoms with E-state index in [-0.39, 0.29) is 6.04 Å². The number of nitrogens with one attached hydrogen (secondary N) is 2. The molecule has 6 heteroatoms. The van der Waals surface area contributed by atoms with Gasteiger partial charge in [-0.3, -0.25) is 0 Å². The fourth-order valence-electron chi connectivity index (χ4n) is 1.47. The van der Waals surface area contributed by atoms with Crippen LogP contribution < -0.4 is 5.32 Å². The van der Waals surface area contributed by atoms with Crippen molar-refractivity contribution in [1.82, 2.24) is 19.9 Å². The topological polar surface area (TPSA) is 90.3 Å². The first kappa shape index (κ1) is 11.1. The van der Waals surface area contributed by atoms with E-state index >= 15 is 0 Å². The van der Waals surface area contributed by atoms with E-state index in [4.69, 9.17) is 5.26 Å². The minimum atomic E-state index is -0.0432. The first-order valence-electron chi connectivity index (χ1n) is 5.20. The minimum absolute atomic E-state index is 0.0432. The van der Waals surface area contributed by atoms with E-state index in [1.807, 2.05) is 19.9 Å². The minimum Gasteiger partial charge on any atom is -0.347 e. The summed E-state index contributed by atoms with van der Waals surface area (Å²) in [6, 6.07) is 3.60. The number of aromatic nitrogens is 4. The normalized spacial score (nSPS) is 11.8. The molecule has 2 N–H and O–H groups in total. The number of rotatable bonds is 3. The summed E-state index contributed by atoms with van der Waals surface area (Å²) >= 11 is 0. The van der Waals surface area contributed by atoms with Gasteiger partial charge in [-0.1, -0.05) is 0 Å². The molecule has 86 valence electrons. The summed E-state index contributed by atoms with van der Waals surface area (Å²) in [5.74, 6) is 1.24. The molecule has 17 heavy (non-hydrogen) atoms. The van der Waals surface area contributed by atoms with Gasteiger partial charge in [-0.2, -0.15) is 5.26 Å². The van der Waals surface area contributed by atoms with Gasteiger partial charge in [-0.25, -0.2) is 15.0 Å². The monoisotopic (exact) mass is 228 g/mol. The average molecular weight is 228 g/mol. The number of aryl methyl sites for hydroxylation is 1. The Bertz CT molecular complexity index is 540. The fraction of sp³-hybridized carbons (Fsp3) is 0.273. The highest BCUT2D eigenvalue weighted by Crippen LogP contribution is 2.13. The molecule has 0 aliphatic heterocycles. The molecular weight excluding hydrogens is 216 g/mol. The lowest BCUT2D eigenvalue weighted by Crippen LogP contribution is -2.11. The van der Waals surface area contributed by atoms with Crippen LogP contribution in [0.3, 0.4) is 0 Å². The predicted octanol–water partition coefficient (Wildman–Crippen LogP) is 1.55. The number of nitrogens with zero attached hydrogens (tertiary/aromatic N) is 4. The van der Waals surface area contributed by atoms with E-state index in [1.165, 1.54) is 0 Å². The Balaban J connectivity index is 2.19. The van der Waals surface area contributed by atoms with Crippen LogP contribution in [0.4, 0.5) is 5.95 Å². The highest BCUT2D eigenvalue weighted by Gasteiger charge is 2.09. The van der Waals surface area contributed by atoms with E-state index in [9.17, 15) is 0 Å². The maximum absolute atomic E-state index is 8.82. The molecule has 0 amide bonds. The molecule has 2 heterocycles. The second-order valence-electron chi connectivity index (χ2n) is 3.67. The van der Waals surface area contributed by atoms with Gasteiger partial charge in [-0.05, 0) is 19.9 Å². The van der Waals surface area contributed by atoms with Crippen LogP contribution in [-0.4, -0.2) is 19.9 Å². The molecule has 0 radical (unpaired) electrons. The summed E-state index contributed by atoms with van der Waals surface area (Å²) in [6.45, 7) is 3.77. The van der Waals surface area contributed by atoms with Crippen molar-refractivity contribution in [3.8, 4) is 6.07 Å². The molecule has 1 atom stereocenters. The van der Waals surface area contributed by atoms with E-state index in [2.05, 4.69) is 25.3 Å². The predicted molar refractivity (Wildman–Crippen MR) is 62.1 cm³/mol. The van der Waals surface area contributed by atoms with Crippen molar-refractivity contribution < 1.29 is 0 Å². The average Bonchev–Trinajstić information content (AvgIpc) is 2.81. The molecule has 0 aromatic carbocycles. The van der Waals surface area contributed by atoms with Gasteiger partial charge < -0.3 is 10.3 Å². The third-order valence-corrected chi connectivity index (χ3v) is 2.24. The zero-order valence-corrected chi connectivity index (χ0v) is 9.60. The van der Waals surface area contributed by atoms with E-state index in [0.717, 1.165) is 11.5 Å². The number of imidazole rings is 1. The summed E-state index contributed by atoms with van der Waals surface area (Å²) in [6.07, 6.45) is 3.44. The molecule has 0 fully saturated rings. The lowest BCUT2D eigenvalue weighted by atomic mass is 10.3. The summed E-state index contributed by atoms with van der Waals surface area (Å²) in [5, 5.41) is 11.9. The van der Waals surface area contributed by atoms with Crippen LogP contribution in [0.25, 0.3) is 0 Å². The molecule has 2 aromatic rings. The number of aromatic amines is 1. The summed E-state index contributed by atoms with van der Waals surface area (Å²) in [5.41, 5.74) is 1.11. The third kappa shape index (κ3) is 2.58. The van der Waals surface area contributed by atoms with Gasteiger partial charge in [0.05, 0.1) is 6.04 Å². The van der Waals surface area contributed by atoms with Crippen LogP contribution in [-0.2, 0) is 0 Å². The number of H-pyrrole nitrogens is 1. The van der Waals surface area contributed by atoms with Crippen LogP contribution in [0.2, 0.25) is 0 Å². The lowest BCUT2D eigenvalue weighted by molar-refractivity contribution is 0.793. The molecule has 0 aliphatic carbocycles. The Hall–Kier alpha value is -2.42. The smallest absolute Gasteiger partial charge is 0.224 e. The van der Waals surface area contributed by atoms with Gasteiger partial charge in [0, 0.05) is 18.1 Å². The van der Waals surface area contributed by atoms with Gasteiger partial charge in [0.25, 0.3) is 0 Å². The molecule has 0 aliphatic rings. The van der Waals surface area contributed by atoms with Crippen LogP contribution in [0.5, 0.6) is 0 Å². The molecule has 1 unspecified atom stereocenters. The Kier molecular flexibility index (Phi) is 3.01. The zero-order valence-electron chi connectivity index (χ0n) is 9.60. The summed E-state index contributed by atoms with van der Waals surface area (Å²) in [7, 11) is 0. The molecule has 2 aromatic heterocycles. The quantitative estimate of drug-likeness (QED) is 0.831. The van der Waals surface area contributed by atoms with Crippen LogP contribution in [0.1, 0.15) is 30.2 Å². The van der Waals surface area contributed by atoms with Crippen molar-refractivity contribution in [1.29, 1.82) is 5.26 Å². The molecule has 0 spiro atoms. The maximum atomic E-state index is 8.82. The molecule has 0 bridgehead atoms. The molecule has 2 rings (SSSR count). The zero-order chi connectivity index (χ0) is 12.3. The van der Waals surface area contributed by atoms with E-state index < -0.39 is 0 Å². The molecule has 0 saturated heterocycles. The number of hydrogen-bond acceptors (Lipinski definition) is 5. The lowest BCUT2D eigenvalue weighted by Gasteiger charge is -2.11. The molecular formula is C11H12N6. The summed E-state index contributed by atoms with van der Waals surface area (Å²) in [4.78, 5) is 15.4. The Morgan fingerprint density at radius 1 is 1.47 bits per heavy atom. The highest BCUT2D eigenvalue weighted by molar-refractivity contribution is 5.34. The largest absolute Gasteiger partial charge is 0.347 e. The van der Waals surface area contributed by atoms with Gasteiger partial charge >= 0.3 is 0 Å². The molecule has 0 saturated carbocycles. The Morgan fingerprint density at radius 3 is 2.94 bits per heavy atom. The van der Waals surface area contributed by atoms with Crippen LogP contribution >= 0.6 is 0 Å². The fourth-order valence-corrected chi connectivity index (χ4v) is 1.47. The summed E-state index contributed by atoms with van der Waals surface area (Å²) < 4.78 is 0.